The van der Waals surface area contributed by atoms with E-state index >= 15 is 0 Å². The maximum atomic E-state index is 11.5. The predicted octanol–water partition coefficient (Wildman–Crippen LogP) is 2.12. The molecule has 0 spiro atoms. The summed E-state index contributed by atoms with van der Waals surface area (Å²) in [7, 11) is 1.63. The Kier molecular flexibility index (Phi) is 4.83. The van der Waals surface area contributed by atoms with Crippen molar-refractivity contribution in [1.82, 2.24) is 5.32 Å². The number of hydrogen-bond acceptors (Lipinski definition) is 3. The summed E-state index contributed by atoms with van der Waals surface area (Å²) in [6, 6.07) is 1.87. The van der Waals surface area contributed by atoms with Gasteiger partial charge in [0.2, 0.25) is 0 Å². The number of thiophene rings is 1. The van der Waals surface area contributed by atoms with Gasteiger partial charge in [-0.15, -0.1) is 11.3 Å². The average Bonchev–Trinajstić information content (AvgIpc) is 2.60. The van der Waals surface area contributed by atoms with Crippen LogP contribution in [0.1, 0.15) is 17.3 Å². The van der Waals surface area contributed by atoms with E-state index in [1.807, 2.05) is 18.4 Å². The first-order valence-corrected chi connectivity index (χ1v) is 6.14. The third kappa shape index (κ3) is 3.55. The summed E-state index contributed by atoms with van der Waals surface area (Å²) in [5.41, 5.74) is 0.725. The van der Waals surface area contributed by atoms with Crippen LogP contribution in [0, 0.1) is 2.88 Å². The maximum Gasteiger partial charge on any atom is 0.252 e. The van der Waals surface area contributed by atoms with Gasteiger partial charge in [0.25, 0.3) is 5.91 Å². The Bertz CT molecular complexity index is 314. The molecule has 0 saturated heterocycles. The molecule has 1 heterocycles. The summed E-state index contributed by atoms with van der Waals surface area (Å²) in [6.45, 7) is 2.46. The average molecular weight is 325 g/mol. The second kappa shape index (κ2) is 5.67. The van der Waals surface area contributed by atoms with E-state index in [1.165, 1.54) is 0 Å². The van der Waals surface area contributed by atoms with Gasteiger partial charge in [-0.1, -0.05) is 0 Å². The quantitative estimate of drug-likeness (QED) is 0.861. The topological polar surface area (TPSA) is 38.3 Å². The van der Waals surface area contributed by atoms with Gasteiger partial charge in [-0.05, 0) is 35.6 Å². The second-order valence-corrected chi connectivity index (χ2v) is 5.70. The van der Waals surface area contributed by atoms with Gasteiger partial charge in [-0.2, -0.15) is 0 Å². The molecule has 0 fully saturated rings. The summed E-state index contributed by atoms with van der Waals surface area (Å²) < 4.78 is 6.15. The van der Waals surface area contributed by atoms with Crippen LogP contribution in [0.25, 0.3) is 0 Å². The number of carbonyl (C=O) groups excluding carboxylic acids is 1. The lowest BCUT2D eigenvalue weighted by atomic mass is 10.3. The van der Waals surface area contributed by atoms with E-state index < -0.39 is 0 Å². The SMILES string of the molecule is COC(C)CNC(=O)c1csc(I)c1. The third-order valence-corrected chi connectivity index (χ3v) is 3.57. The highest BCUT2D eigenvalue weighted by Crippen LogP contribution is 2.16. The fourth-order valence-electron chi connectivity index (χ4n) is 0.851. The minimum atomic E-state index is -0.0342. The second-order valence-electron chi connectivity index (χ2n) is 2.90. The van der Waals surface area contributed by atoms with Crippen LogP contribution in [0.3, 0.4) is 0 Å². The zero-order valence-electron chi connectivity index (χ0n) is 8.04. The summed E-state index contributed by atoms with van der Waals surface area (Å²) in [6.07, 6.45) is 0.0525. The molecule has 1 aromatic heterocycles. The smallest absolute Gasteiger partial charge is 0.252 e. The Morgan fingerprint density at radius 1 is 1.79 bits per heavy atom. The highest BCUT2D eigenvalue weighted by molar-refractivity contribution is 14.1. The van der Waals surface area contributed by atoms with Crippen molar-refractivity contribution in [3.05, 3.63) is 19.9 Å². The molecule has 0 saturated carbocycles. The molecule has 0 aromatic carbocycles. The molecule has 0 radical (unpaired) electrons. The molecule has 14 heavy (non-hydrogen) atoms. The van der Waals surface area contributed by atoms with Crippen LogP contribution in [0.15, 0.2) is 11.4 Å². The number of rotatable bonds is 4. The first-order chi connectivity index (χ1) is 6.63. The molecule has 0 aliphatic heterocycles. The van der Waals surface area contributed by atoms with Gasteiger partial charge in [-0.25, -0.2) is 0 Å². The van der Waals surface area contributed by atoms with E-state index in [2.05, 4.69) is 27.9 Å². The molecule has 0 aliphatic rings. The van der Waals surface area contributed by atoms with Crippen molar-refractivity contribution in [1.29, 1.82) is 0 Å². The van der Waals surface area contributed by atoms with Crippen LogP contribution >= 0.6 is 33.9 Å². The number of halogens is 1. The first kappa shape index (κ1) is 11.9. The van der Waals surface area contributed by atoms with Crippen LogP contribution in [-0.2, 0) is 4.74 Å². The monoisotopic (exact) mass is 325 g/mol. The van der Waals surface area contributed by atoms with Gasteiger partial charge in [0.05, 0.1) is 14.6 Å². The maximum absolute atomic E-state index is 11.5. The van der Waals surface area contributed by atoms with E-state index in [0.29, 0.717) is 6.54 Å². The number of methoxy groups -OCH3 is 1. The lowest BCUT2D eigenvalue weighted by Gasteiger charge is -2.09. The zero-order chi connectivity index (χ0) is 10.6. The number of carbonyl (C=O) groups is 1. The molecular weight excluding hydrogens is 313 g/mol. The molecule has 1 aromatic rings. The summed E-state index contributed by atoms with van der Waals surface area (Å²) in [5, 5.41) is 4.66. The van der Waals surface area contributed by atoms with Crippen LogP contribution in [0.2, 0.25) is 0 Å². The Morgan fingerprint density at radius 2 is 2.50 bits per heavy atom. The van der Waals surface area contributed by atoms with E-state index in [1.54, 1.807) is 18.4 Å². The van der Waals surface area contributed by atoms with Crippen molar-refractivity contribution in [2.45, 2.75) is 13.0 Å². The van der Waals surface area contributed by atoms with Gasteiger partial charge in [0, 0.05) is 19.0 Å². The van der Waals surface area contributed by atoms with Crippen molar-refractivity contribution in [2.75, 3.05) is 13.7 Å². The van der Waals surface area contributed by atoms with Crippen LogP contribution in [0.5, 0.6) is 0 Å². The van der Waals surface area contributed by atoms with Crippen molar-refractivity contribution >= 4 is 39.8 Å². The Balaban J connectivity index is 2.43. The Hall–Kier alpha value is -0.140. The zero-order valence-corrected chi connectivity index (χ0v) is 11.0. The van der Waals surface area contributed by atoms with Crippen LogP contribution < -0.4 is 5.32 Å². The number of ether oxygens (including phenoxy) is 1. The van der Waals surface area contributed by atoms with E-state index in [9.17, 15) is 4.79 Å². The molecule has 1 unspecified atom stereocenters. The largest absolute Gasteiger partial charge is 0.380 e. The summed E-state index contributed by atoms with van der Waals surface area (Å²) in [5.74, 6) is -0.0342. The Morgan fingerprint density at radius 3 is 3.00 bits per heavy atom. The molecule has 78 valence electrons. The molecule has 1 atom stereocenters. The predicted molar refractivity (Wildman–Crippen MR) is 65.8 cm³/mol. The highest BCUT2D eigenvalue weighted by atomic mass is 127. The van der Waals surface area contributed by atoms with Gasteiger partial charge >= 0.3 is 0 Å². The highest BCUT2D eigenvalue weighted by Gasteiger charge is 2.08. The normalized spacial score (nSPS) is 12.5. The molecule has 5 heteroatoms. The van der Waals surface area contributed by atoms with Crippen molar-refractivity contribution in [3.63, 3.8) is 0 Å². The standard InChI is InChI=1S/C9H12INO2S/c1-6(13-2)4-11-9(12)7-3-8(10)14-5-7/h3,5-6H,4H2,1-2H3,(H,11,12). The molecule has 1 N–H and O–H groups in total. The van der Waals surface area contributed by atoms with Crippen molar-refractivity contribution < 1.29 is 9.53 Å². The minimum absolute atomic E-state index is 0.0342. The number of nitrogens with one attached hydrogen (secondary N) is 1. The van der Waals surface area contributed by atoms with Gasteiger partial charge in [-0.3, -0.25) is 4.79 Å². The lowest BCUT2D eigenvalue weighted by molar-refractivity contribution is 0.0871. The minimum Gasteiger partial charge on any atom is -0.380 e. The first-order valence-electron chi connectivity index (χ1n) is 4.18. The van der Waals surface area contributed by atoms with Crippen LogP contribution in [-0.4, -0.2) is 25.7 Å². The molecule has 1 rings (SSSR count). The van der Waals surface area contributed by atoms with Crippen LogP contribution in [0.4, 0.5) is 0 Å². The van der Waals surface area contributed by atoms with Crippen molar-refractivity contribution in [3.8, 4) is 0 Å². The summed E-state index contributed by atoms with van der Waals surface area (Å²) >= 11 is 3.76. The summed E-state index contributed by atoms with van der Waals surface area (Å²) in [4.78, 5) is 11.5. The van der Waals surface area contributed by atoms with Gasteiger partial charge in [0.15, 0.2) is 0 Å². The Labute approximate surface area is 101 Å². The van der Waals surface area contributed by atoms with Gasteiger partial charge in [0.1, 0.15) is 0 Å². The fraction of sp³-hybridized carbons (Fsp3) is 0.444. The van der Waals surface area contributed by atoms with E-state index in [4.69, 9.17) is 4.74 Å². The number of amides is 1. The van der Waals surface area contributed by atoms with E-state index in [0.717, 1.165) is 8.45 Å². The molecule has 1 amide bonds. The third-order valence-electron chi connectivity index (χ3n) is 1.78. The molecule has 0 bridgehead atoms. The van der Waals surface area contributed by atoms with Crippen molar-refractivity contribution in [2.24, 2.45) is 0 Å². The van der Waals surface area contributed by atoms with Gasteiger partial charge < -0.3 is 10.1 Å². The lowest BCUT2D eigenvalue weighted by Crippen LogP contribution is -2.31. The molecule has 3 nitrogen and oxygen atoms in total. The molecule has 0 aliphatic carbocycles. The fourth-order valence-corrected chi connectivity index (χ4v) is 2.18. The van der Waals surface area contributed by atoms with E-state index in [-0.39, 0.29) is 12.0 Å². The number of hydrogen-bond donors (Lipinski definition) is 1. The molecular formula is C9H12INO2S.